The van der Waals surface area contributed by atoms with E-state index in [1.807, 2.05) is 12.1 Å². The fraction of sp³-hybridized carbons (Fsp3) is 0.150. The van der Waals surface area contributed by atoms with Crippen LogP contribution in [0, 0.1) is 12.3 Å². The second kappa shape index (κ2) is 5.91. The second-order valence-corrected chi connectivity index (χ2v) is 5.34. The number of hydrogen-bond donors (Lipinski definition) is 0. The largest absolute Gasteiger partial charge is 0.243 e. The first-order valence-electron chi connectivity index (χ1n) is 7.36. The van der Waals surface area contributed by atoms with Crippen LogP contribution in [0.2, 0.25) is 0 Å². The lowest BCUT2D eigenvalue weighted by atomic mass is 9.99. The van der Waals surface area contributed by atoms with Crippen LogP contribution >= 0.6 is 0 Å². The zero-order valence-electron chi connectivity index (χ0n) is 13.0. The molecule has 2 aromatic carbocycles. The molecular weight excluding hydrogens is 268 g/mol. The summed E-state index contributed by atoms with van der Waals surface area (Å²) in [4.78, 5) is 0. The third kappa shape index (κ3) is 2.31. The molecule has 2 nitrogen and oxygen atoms in total. The Morgan fingerprint density at radius 3 is 2.05 bits per heavy atom. The average molecular weight is 287 g/mol. The van der Waals surface area contributed by atoms with Crippen LogP contribution in [0.25, 0.3) is 22.5 Å². The fourth-order valence-electron chi connectivity index (χ4n) is 2.99. The SMILES string of the molecule is C#CCc1c(-c2ccccc2)n(C)[n+](C)c1-c1ccccc1. The summed E-state index contributed by atoms with van der Waals surface area (Å²) < 4.78 is 4.34. The molecule has 0 spiro atoms. The molecule has 0 bridgehead atoms. The minimum Gasteiger partial charge on any atom is -0.155 e. The predicted octanol–water partition coefficient (Wildman–Crippen LogP) is 3.36. The van der Waals surface area contributed by atoms with E-state index in [1.54, 1.807) is 0 Å². The first-order valence-corrected chi connectivity index (χ1v) is 7.36. The summed E-state index contributed by atoms with van der Waals surface area (Å²) in [5, 5.41) is 0. The topological polar surface area (TPSA) is 8.81 Å². The van der Waals surface area contributed by atoms with Gasteiger partial charge in [0.25, 0.3) is 0 Å². The summed E-state index contributed by atoms with van der Waals surface area (Å²) in [6.45, 7) is 0. The molecule has 0 radical (unpaired) electrons. The molecule has 108 valence electrons. The highest BCUT2D eigenvalue weighted by atomic mass is 15.4. The van der Waals surface area contributed by atoms with Crippen molar-refractivity contribution in [1.29, 1.82) is 0 Å². The van der Waals surface area contributed by atoms with Crippen LogP contribution in [0.1, 0.15) is 5.56 Å². The third-order valence-electron chi connectivity index (χ3n) is 4.04. The average Bonchev–Trinajstić information content (AvgIpc) is 2.81. The van der Waals surface area contributed by atoms with Gasteiger partial charge in [0.1, 0.15) is 5.69 Å². The van der Waals surface area contributed by atoms with Gasteiger partial charge >= 0.3 is 0 Å². The highest BCUT2D eigenvalue weighted by Gasteiger charge is 2.27. The maximum atomic E-state index is 5.65. The molecule has 0 unspecified atom stereocenters. The number of benzene rings is 2. The van der Waals surface area contributed by atoms with Gasteiger partial charge in [-0.3, -0.25) is 0 Å². The van der Waals surface area contributed by atoms with Gasteiger partial charge in [-0.2, -0.15) is 4.68 Å². The molecule has 2 heteroatoms. The van der Waals surface area contributed by atoms with Crippen molar-refractivity contribution in [1.82, 2.24) is 4.68 Å². The second-order valence-electron chi connectivity index (χ2n) is 5.34. The number of nitrogens with zero attached hydrogens (tertiary/aromatic N) is 2. The van der Waals surface area contributed by atoms with E-state index in [1.165, 1.54) is 28.1 Å². The summed E-state index contributed by atoms with van der Waals surface area (Å²) >= 11 is 0. The molecule has 1 heterocycles. The van der Waals surface area contributed by atoms with Crippen molar-refractivity contribution in [3.8, 4) is 34.9 Å². The number of rotatable bonds is 3. The number of terminal acetylenes is 1. The van der Waals surface area contributed by atoms with Crippen molar-refractivity contribution in [2.24, 2.45) is 14.1 Å². The Kier molecular flexibility index (Phi) is 3.80. The van der Waals surface area contributed by atoms with E-state index in [0.717, 1.165) is 0 Å². The van der Waals surface area contributed by atoms with Gasteiger partial charge in [0.05, 0.1) is 12.6 Å². The molecule has 0 N–H and O–H groups in total. The van der Waals surface area contributed by atoms with Crippen molar-refractivity contribution in [2.75, 3.05) is 0 Å². The number of hydrogen-bond acceptors (Lipinski definition) is 0. The minimum atomic E-state index is 0.614. The number of aromatic nitrogens is 2. The highest BCUT2D eigenvalue weighted by Crippen LogP contribution is 2.30. The lowest BCUT2D eigenvalue weighted by Gasteiger charge is -2.01. The van der Waals surface area contributed by atoms with Gasteiger partial charge in [0, 0.05) is 17.5 Å². The summed E-state index contributed by atoms with van der Waals surface area (Å²) in [6.07, 6.45) is 6.26. The lowest BCUT2D eigenvalue weighted by molar-refractivity contribution is -0.740. The molecule has 1 aromatic heterocycles. The van der Waals surface area contributed by atoms with Gasteiger partial charge in [-0.1, -0.05) is 48.5 Å². The first kappa shape index (κ1) is 14.2. The maximum absolute atomic E-state index is 5.65. The molecule has 0 amide bonds. The quantitative estimate of drug-likeness (QED) is 0.516. The zero-order valence-corrected chi connectivity index (χ0v) is 13.0. The molecule has 0 saturated carbocycles. The van der Waals surface area contributed by atoms with E-state index in [2.05, 4.69) is 77.9 Å². The van der Waals surface area contributed by atoms with Gasteiger partial charge in [0.2, 0.25) is 5.69 Å². The van der Waals surface area contributed by atoms with Crippen LogP contribution in [0.3, 0.4) is 0 Å². The molecule has 3 aromatic rings. The van der Waals surface area contributed by atoms with E-state index < -0.39 is 0 Å². The molecule has 22 heavy (non-hydrogen) atoms. The van der Waals surface area contributed by atoms with Crippen LogP contribution in [-0.4, -0.2) is 4.68 Å². The Labute approximate surface area is 131 Å². The summed E-state index contributed by atoms with van der Waals surface area (Å²) in [7, 11) is 4.16. The van der Waals surface area contributed by atoms with Crippen LogP contribution in [0.4, 0.5) is 0 Å². The normalized spacial score (nSPS) is 10.4. The van der Waals surface area contributed by atoms with E-state index in [4.69, 9.17) is 6.42 Å². The van der Waals surface area contributed by atoms with Crippen LogP contribution in [0.5, 0.6) is 0 Å². The van der Waals surface area contributed by atoms with Crippen LogP contribution < -0.4 is 4.68 Å². The van der Waals surface area contributed by atoms with Crippen molar-refractivity contribution < 1.29 is 4.68 Å². The summed E-state index contributed by atoms with van der Waals surface area (Å²) in [6, 6.07) is 20.8. The maximum Gasteiger partial charge on any atom is 0.243 e. The Hall–Kier alpha value is -2.79. The van der Waals surface area contributed by atoms with E-state index in [-0.39, 0.29) is 0 Å². The summed E-state index contributed by atoms with van der Waals surface area (Å²) in [5.41, 5.74) is 5.94. The molecule has 0 fully saturated rings. The standard InChI is InChI=1S/C20H19N2/c1-4-11-18-19(16-12-7-5-8-13-16)21(2)22(3)20(18)17-14-9-6-10-15-17/h1,5-10,12-15H,11H2,2-3H3/q+1. The fourth-order valence-corrected chi connectivity index (χ4v) is 2.99. The molecule has 0 aliphatic rings. The van der Waals surface area contributed by atoms with Crippen LogP contribution in [0.15, 0.2) is 60.7 Å². The third-order valence-corrected chi connectivity index (χ3v) is 4.04. The lowest BCUT2D eigenvalue weighted by Crippen LogP contribution is -2.39. The molecule has 3 rings (SSSR count). The Morgan fingerprint density at radius 1 is 0.955 bits per heavy atom. The van der Waals surface area contributed by atoms with Gasteiger partial charge in [-0.25, -0.2) is 0 Å². The molecule has 0 aliphatic carbocycles. The Balaban J connectivity index is 2.31. The van der Waals surface area contributed by atoms with Gasteiger partial charge in [-0.15, -0.1) is 17.0 Å². The summed E-state index contributed by atoms with van der Waals surface area (Å²) in [5.74, 6) is 2.82. The van der Waals surface area contributed by atoms with Crippen LogP contribution in [-0.2, 0) is 20.5 Å². The Morgan fingerprint density at radius 2 is 1.50 bits per heavy atom. The molecule has 0 aliphatic heterocycles. The molecule has 0 atom stereocenters. The van der Waals surface area contributed by atoms with Crippen molar-refractivity contribution in [3.63, 3.8) is 0 Å². The van der Waals surface area contributed by atoms with Gasteiger partial charge in [-0.05, 0) is 12.1 Å². The Bertz CT molecular complexity index is 759. The van der Waals surface area contributed by atoms with Crippen molar-refractivity contribution in [2.45, 2.75) is 6.42 Å². The molecule has 0 saturated heterocycles. The van der Waals surface area contributed by atoms with E-state index in [0.29, 0.717) is 6.42 Å². The van der Waals surface area contributed by atoms with Crippen molar-refractivity contribution >= 4 is 0 Å². The molecular formula is C20H19N2+. The van der Waals surface area contributed by atoms with E-state index in [9.17, 15) is 0 Å². The highest BCUT2D eigenvalue weighted by molar-refractivity contribution is 5.73. The van der Waals surface area contributed by atoms with Crippen molar-refractivity contribution in [3.05, 3.63) is 66.2 Å². The predicted molar refractivity (Wildman–Crippen MR) is 90.0 cm³/mol. The van der Waals surface area contributed by atoms with Gasteiger partial charge < -0.3 is 0 Å². The zero-order chi connectivity index (χ0) is 15.5. The first-order chi connectivity index (χ1) is 10.7. The minimum absolute atomic E-state index is 0.614. The van der Waals surface area contributed by atoms with E-state index >= 15 is 0 Å². The van der Waals surface area contributed by atoms with Gasteiger partial charge in [0.15, 0.2) is 7.05 Å². The monoisotopic (exact) mass is 287 g/mol. The smallest absolute Gasteiger partial charge is 0.155 e.